The molecule has 1 aromatic heterocycles. The van der Waals surface area contributed by atoms with Crippen LogP contribution in [0.25, 0.3) is 11.1 Å². The van der Waals surface area contributed by atoms with Crippen molar-refractivity contribution in [3.63, 3.8) is 0 Å². The number of carbonyl (C=O) groups excluding carboxylic acids is 2. The largest absolute Gasteiger partial charge is 0.505 e. The molecule has 0 radical (unpaired) electrons. The Balaban J connectivity index is 1.94. The molecule has 0 bridgehead atoms. The number of hydrogen-bond donors (Lipinski definition) is 3. The smallest absolute Gasteiger partial charge is 0.319 e. The molecule has 3 aromatic rings. The van der Waals surface area contributed by atoms with Crippen LogP contribution in [0.15, 0.2) is 59.5 Å². The highest BCUT2D eigenvalue weighted by molar-refractivity contribution is 5.91. The van der Waals surface area contributed by atoms with Gasteiger partial charge in [0.1, 0.15) is 11.5 Å². The normalized spacial score (nSPS) is 11.4. The average Bonchev–Trinajstić information content (AvgIpc) is 2.83. The van der Waals surface area contributed by atoms with Crippen LogP contribution in [0.5, 0.6) is 11.5 Å². The van der Waals surface area contributed by atoms with Crippen LogP contribution in [-0.2, 0) is 16.6 Å². The molecule has 0 fully saturated rings. The molecular formula is C26H29N3O6. The number of anilines is 1. The Labute approximate surface area is 203 Å². The number of aromatic nitrogens is 1. The zero-order valence-corrected chi connectivity index (χ0v) is 20.1. The lowest BCUT2D eigenvalue weighted by molar-refractivity contribution is -0.143. The molecule has 0 saturated carbocycles. The van der Waals surface area contributed by atoms with Gasteiger partial charge >= 0.3 is 12.0 Å². The van der Waals surface area contributed by atoms with E-state index < -0.39 is 23.6 Å². The summed E-state index contributed by atoms with van der Waals surface area (Å²) in [5, 5.41) is 15.2. The van der Waals surface area contributed by atoms with Crippen LogP contribution in [0.3, 0.4) is 0 Å². The number of rotatable bonds is 8. The van der Waals surface area contributed by atoms with Gasteiger partial charge in [0.2, 0.25) is 0 Å². The number of amides is 2. The topological polar surface area (TPSA) is 119 Å². The molecule has 2 aromatic carbocycles. The van der Waals surface area contributed by atoms with Crippen molar-refractivity contribution in [2.45, 2.75) is 26.3 Å². The molecule has 35 heavy (non-hydrogen) atoms. The van der Waals surface area contributed by atoms with Crippen molar-refractivity contribution in [3.8, 4) is 22.6 Å². The third-order valence-electron chi connectivity index (χ3n) is 5.37. The van der Waals surface area contributed by atoms with E-state index in [1.54, 1.807) is 14.0 Å². The number of ether oxygens (including phenoxy) is 2. The first-order chi connectivity index (χ1) is 16.7. The van der Waals surface area contributed by atoms with Gasteiger partial charge < -0.3 is 29.8 Å². The van der Waals surface area contributed by atoms with Gasteiger partial charge in [0.05, 0.1) is 26.2 Å². The van der Waals surface area contributed by atoms with E-state index in [4.69, 9.17) is 9.47 Å². The highest BCUT2D eigenvalue weighted by atomic mass is 16.5. The fourth-order valence-corrected chi connectivity index (χ4v) is 3.67. The Bertz CT molecular complexity index is 1280. The van der Waals surface area contributed by atoms with Gasteiger partial charge in [-0.25, -0.2) is 4.79 Å². The summed E-state index contributed by atoms with van der Waals surface area (Å²) in [5.41, 5.74) is 2.56. The lowest BCUT2D eigenvalue weighted by Gasteiger charge is -2.21. The molecule has 0 spiro atoms. The van der Waals surface area contributed by atoms with Gasteiger partial charge in [-0.2, -0.15) is 0 Å². The summed E-state index contributed by atoms with van der Waals surface area (Å²) >= 11 is 0. The molecule has 184 valence electrons. The number of urea groups is 1. The predicted octanol–water partition coefficient (Wildman–Crippen LogP) is 3.89. The monoisotopic (exact) mass is 479 g/mol. The summed E-state index contributed by atoms with van der Waals surface area (Å²) in [7, 11) is 3.10. The lowest BCUT2D eigenvalue weighted by atomic mass is 9.95. The number of hydrogen-bond acceptors (Lipinski definition) is 6. The number of aromatic hydroxyl groups is 1. The Morgan fingerprint density at radius 2 is 1.89 bits per heavy atom. The molecular weight excluding hydrogens is 450 g/mol. The van der Waals surface area contributed by atoms with E-state index in [9.17, 15) is 19.5 Å². The number of pyridine rings is 1. The number of aryl methyl sites for hydroxylation is 2. The number of nitrogens with one attached hydrogen (secondary N) is 2. The number of carbonyl (C=O) groups is 2. The minimum atomic E-state index is -0.756. The van der Waals surface area contributed by atoms with Gasteiger partial charge in [-0.05, 0) is 54.8 Å². The van der Waals surface area contributed by atoms with E-state index >= 15 is 0 Å². The Morgan fingerprint density at radius 1 is 1.11 bits per heavy atom. The Kier molecular flexibility index (Phi) is 8.14. The third-order valence-corrected chi connectivity index (χ3v) is 5.37. The van der Waals surface area contributed by atoms with Crippen LogP contribution in [0, 0.1) is 6.92 Å². The van der Waals surface area contributed by atoms with Gasteiger partial charge in [-0.3, -0.25) is 9.59 Å². The SMILES string of the molecule is CCOC(=O)CC(NC(=O)Nc1c(O)ccn(C)c1=O)c1cc(C)cc(-c2cccc(OC)c2)c1. The number of benzene rings is 2. The fourth-order valence-electron chi connectivity index (χ4n) is 3.67. The predicted molar refractivity (Wildman–Crippen MR) is 133 cm³/mol. The molecule has 0 aliphatic heterocycles. The summed E-state index contributed by atoms with van der Waals surface area (Å²) < 4.78 is 11.7. The zero-order chi connectivity index (χ0) is 25.5. The molecule has 1 heterocycles. The van der Waals surface area contributed by atoms with E-state index in [2.05, 4.69) is 10.6 Å². The maximum atomic E-state index is 12.8. The molecule has 9 nitrogen and oxygen atoms in total. The van der Waals surface area contributed by atoms with E-state index in [-0.39, 0.29) is 24.5 Å². The fraction of sp³-hybridized carbons (Fsp3) is 0.269. The van der Waals surface area contributed by atoms with Gasteiger partial charge in [0.25, 0.3) is 5.56 Å². The highest BCUT2D eigenvalue weighted by Gasteiger charge is 2.22. The maximum absolute atomic E-state index is 12.8. The van der Waals surface area contributed by atoms with Crippen LogP contribution in [-0.4, -0.2) is 35.4 Å². The zero-order valence-electron chi connectivity index (χ0n) is 20.1. The summed E-state index contributed by atoms with van der Waals surface area (Å²) in [6.45, 7) is 3.82. The second-order valence-electron chi connectivity index (χ2n) is 8.02. The minimum Gasteiger partial charge on any atom is -0.505 e. The summed E-state index contributed by atoms with van der Waals surface area (Å²) in [6.07, 6.45) is 1.26. The first-order valence-electron chi connectivity index (χ1n) is 11.1. The first-order valence-corrected chi connectivity index (χ1v) is 11.1. The maximum Gasteiger partial charge on any atom is 0.319 e. The van der Waals surface area contributed by atoms with E-state index in [1.807, 2.05) is 49.4 Å². The van der Waals surface area contributed by atoms with E-state index in [0.29, 0.717) is 11.3 Å². The van der Waals surface area contributed by atoms with E-state index in [1.165, 1.54) is 23.9 Å². The molecule has 1 unspecified atom stereocenters. The molecule has 0 aliphatic carbocycles. The summed E-state index contributed by atoms with van der Waals surface area (Å²) in [5.74, 6) is -0.142. The van der Waals surface area contributed by atoms with Crippen molar-refractivity contribution >= 4 is 17.7 Å². The molecule has 9 heteroatoms. The average molecular weight is 480 g/mol. The summed E-state index contributed by atoms with van der Waals surface area (Å²) in [4.78, 5) is 37.5. The summed E-state index contributed by atoms with van der Waals surface area (Å²) in [6, 6.07) is 13.1. The van der Waals surface area contributed by atoms with Crippen LogP contribution in [0.2, 0.25) is 0 Å². The molecule has 3 rings (SSSR count). The lowest BCUT2D eigenvalue weighted by Crippen LogP contribution is -2.36. The number of nitrogens with zero attached hydrogens (tertiary/aromatic N) is 1. The molecule has 1 atom stereocenters. The van der Waals surface area contributed by atoms with Crippen molar-refractivity contribution in [3.05, 3.63) is 76.2 Å². The highest BCUT2D eigenvalue weighted by Crippen LogP contribution is 2.29. The Morgan fingerprint density at radius 3 is 2.60 bits per heavy atom. The van der Waals surface area contributed by atoms with Crippen molar-refractivity contribution in [2.75, 3.05) is 19.0 Å². The van der Waals surface area contributed by atoms with Crippen molar-refractivity contribution < 1.29 is 24.2 Å². The minimum absolute atomic E-state index is 0.124. The van der Waals surface area contributed by atoms with Gasteiger partial charge in [0.15, 0.2) is 5.69 Å². The van der Waals surface area contributed by atoms with Gasteiger partial charge in [-0.1, -0.05) is 29.8 Å². The standard InChI is InChI=1S/C26H29N3O6/c1-5-35-23(31)15-21(27-26(33)28-24-22(30)9-10-29(3)25(24)32)19-12-16(2)11-18(13-19)17-7-6-8-20(14-17)34-4/h6-14,21,30H,5,15H2,1-4H3,(H2,27,28,33). The Hall–Kier alpha value is -4.27. The molecule has 0 aliphatic rings. The van der Waals surface area contributed by atoms with Crippen LogP contribution >= 0.6 is 0 Å². The number of methoxy groups -OCH3 is 1. The van der Waals surface area contributed by atoms with Crippen LogP contribution in [0.1, 0.15) is 30.5 Å². The third kappa shape index (κ3) is 6.41. The van der Waals surface area contributed by atoms with E-state index in [0.717, 1.165) is 16.7 Å². The second kappa shape index (κ2) is 11.2. The van der Waals surface area contributed by atoms with Crippen molar-refractivity contribution in [1.29, 1.82) is 0 Å². The van der Waals surface area contributed by atoms with Gasteiger partial charge in [-0.15, -0.1) is 0 Å². The van der Waals surface area contributed by atoms with Crippen LogP contribution < -0.4 is 20.9 Å². The van der Waals surface area contributed by atoms with Gasteiger partial charge in [0, 0.05) is 13.2 Å². The first kappa shape index (κ1) is 25.4. The van der Waals surface area contributed by atoms with Crippen LogP contribution in [0.4, 0.5) is 10.5 Å². The number of esters is 1. The quantitative estimate of drug-likeness (QED) is 0.422. The van der Waals surface area contributed by atoms with Crippen molar-refractivity contribution in [1.82, 2.24) is 9.88 Å². The second-order valence-corrected chi connectivity index (χ2v) is 8.02. The van der Waals surface area contributed by atoms with Crippen molar-refractivity contribution in [2.24, 2.45) is 7.05 Å². The molecule has 0 saturated heterocycles. The molecule has 3 N–H and O–H groups in total. The molecule has 2 amide bonds.